The molecule has 0 aliphatic carbocycles. The highest BCUT2D eigenvalue weighted by Crippen LogP contribution is 2.39. The zero-order valence-electron chi connectivity index (χ0n) is 14.7. The number of aliphatic hydroxyl groups is 2. The largest absolute Gasteiger partial charge is 0.394 e. The van der Waals surface area contributed by atoms with Gasteiger partial charge in [0.2, 0.25) is 5.91 Å². The summed E-state index contributed by atoms with van der Waals surface area (Å²) in [6.45, 7) is 0.789. The van der Waals surface area contributed by atoms with Gasteiger partial charge in [0.25, 0.3) is 5.91 Å². The van der Waals surface area contributed by atoms with Crippen LogP contribution in [0.2, 0.25) is 5.02 Å². The minimum absolute atomic E-state index is 0.151. The molecule has 2 amide bonds. The molecule has 142 valence electrons. The lowest BCUT2D eigenvalue weighted by Crippen LogP contribution is -2.52. The Bertz CT molecular complexity index is 883. The summed E-state index contributed by atoms with van der Waals surface area (Å²) in [4.78, 5) is 27.1. The van der Waals surface area contributed by atoms with Gasteiger partial charge < -0.3 is 15.5 Å². The lowest BCUT2D eigenvalue weighted by molar-refractivity contribution is -0.117. The van der Waals surface area contributed by atoms with Crippen LogP contribution in [0.15, 0.2) is 42.5 Å². The fourth-order valence-corrected chi connectivity index (χ4v) is 2.95. The number of hydrogen-bond donors (Lipinski definition) is 4. The lowest BCUT2D eigenvalue weighted by atomic mass is 10.1. The van der Waals surface area contributed by atoms with Gasteiger partial charge in [0.1, 0.15) is 0 Å². The van der Waals surface area contributed by atoms with E-state index in [1.807, 2.05) is 0 Å². The number of nitrogens with one attached hydrogen (secondary N) is 2. The van der Waals surface area contributed by atoms with Gasteiger partial charge in [-0.2, -0.15) is 0 Å². The van der Waals surface area contributed by atoms with Crippen molar-refractivity contribution in [3.05, 3.63) is 53.1 Å². The predicted octanol–water partition coefficient (Wildman–Crippen LogP) is 1.90. The highest BCUT2D eigenvalue weighted by Gasteiger charge is 2.31. The van der Waals surface area contributed by atoms with Crippen molar-refractivity contribution in [3.63, 3.8) is 0 Å². The van der Waals surface area contributed by atoms with E-state index in [0.717, 1.165) is 0 Å². The van der Waals surface area contributed by atoms with Gasteiger partial charge in [-0.25, -0.2) is 0 Å². The number of carbonyl (C=O) groups excluding carboxylic acids is 2. The Morgan fingerprint density at radius 3 is 2.59 bits per heavy atom. The number of amides is 2. The van der Waals surface area contributed by atoms with Gasteiger partial charge in [0.15, 0.2) is 0 Å². The van der Waals surface area contributed by atoms with Crippen LogP contribution in [0.25, 0.3) is 0 Å². The van der Waals surface area contributed by atoms with Crippen molar-refractivity contribution in [1.29, 1.82) is 0 Å². The molecule has 3 rings (SSSR count). The minimum atomic E-state index is -1.00. The number of halogens is 1. The van der Waals surface area contributed by atoms with Crippen LogP contribution in [-0.2, 0) is 4.79 Å². The summed E-state index contributed by atoms with van der Waals surface area (Å²) in [5, 5.41) is 24.9. The lowest BCUT2D eigenvalue weighted by Gasteiger charge is -2.29. The van der Waals surface area contributed by atoms with E-state index in [2.05, 4.69) is 10.6 Å². The summed E-state index contributed by atoms with van der Waals surface area (Å²) in [7, 11) is 0. The molecule has 8 heteroatoms. The molecular weight excluding hydrogens is 370 g/mol. The molecule has 0 fully saturated rings. The number of fused-ring (bicyclic) bond motifs is 2. The van der Waals surface area contributed by atoms with Crippen LogP contribution >= 0.6 is 11.6 Å². The second-order valence-electron chi connectivity index (χ2n) is 6.59. The number of anilines is 3. The number of para-hydroxylation sites is 1. The second kappa shape index (κ2) is 7.66. The van der Waals surface area contributed by atoms with Crippen LogP contribution in [0.5, 0.6) is 0 Å². The number of benzene rings is 2. The highest BCUT2D eigenvalue weighted by atomic mass is 35.5. The van der Waals surface area contributed by atoms with Crippen molar-refractivity contribution in [2.24, 2.45) is 0 Å². The predicted molar refractivity (Wildman–Crippen MR) is 104 cm³/mol. The van der Waals surface area contributed by atoms with Crippen LogP contribution < -0.4 is 15.5 Å². The molecule has 0 bridgehead atoms. The molecule has 27 heavy (non-hydrogen) atoms. The van der Waals surface area contributed by atoms with E-state index < -0.39 is 5.54 Å². The van der Waals surface area contributed by atoms with E-state index >= 15 is 0 Å². The minimum Gasteiger partial charge on any atom is -0.394 e. The molecule has 0 radical (unpaired) electrons. The maximum Gasteiger partial charge on any atom is 0.257 e. The SMILES string of the molecule is CC(CO)(CO)NCC(=O)N1c2ccc(Cl)cc2NC(=O)c2ccccc21. The fourth-order valence-electron chi connectivity index (χ4n) is 2.78. The monoisotopic (exact) mass is 389 g/mol. The van der Waals surface area contributed by atoms with E-state index in [1.165, 1.54) is 4.90 Å². The third kappa shape index (κ3) is 3.81. The summed E-state index contributed by atoms with van der Waals surface area (Å²) in [5.74, 6) is -0.691. The van der Waals surface area contributed by atoms with Gasteiger partial charge in [-0.3, -0.25) is 19.8 Å². The fraction of sp³-hybridized carbons (Fsp3) is 0.263. The van der Waals surface area contributed by atoms with Crippen molar-refractivity contribution >= 4 is 40.5 Å². The Hall–Kier alpha value is -2.45. The third-order valence-electron chi connectivity index (χ3n) is 4.45. The zero-order valence-corrected chi connectivity index (χ0v) is 15.5. The number of carbonyl (C=O) groups is 2. The smallest absolute Gasteiger partial charge is 0.257 e. The summed E-state index contributed by atoms with van der Waals surface area (Å²) in [5.41, 5.74) is 0.698. The molecule has 0 saturated carbocycles. The summed E-state index contributed by atoms with van der Waals surface area (Å²) < 4.78 is 0. The molecule has 1 aliphatic rings. The number of aliphatic hydroxyl groups excluding tert-OH is 2. The van der Waals surface area contributed by atoms with Gasteiger partial charge in [0, 0.05) is 5.02 Å². The molecule has 0 unspecified atom stereocenters. The Morgan fingerprint density at radius 1 is 1.19 bits per heavy atom. The van der Waals surface area contributed by atoms with E-state index in [-0.39, 0.29) is 31.6 Å². The molecule has 2 aromatic carbocycles. The first-order valence-corrected chi connectivity index (χ1v) is 8.76. The number of nitrogens with zero attached hydrogens (tertiary/aromatic N) is 1. The molecule has 1 aliphatic heterocycles. The van der Waals surface area contributed by atoms with Gasteiger partial charge in [-0.1, -0.05) is 23.7 Å². The Balaban J connectivity index is 2.04. The average molecular weight is 390 g/mol. The molecule has 4 N–H and O–H groups in total. The van der Waals surface area contributed by atoms with Gasteiger partial charge in [0.05, 0.1) is 47.9 Å². The molecule has 0 saturated heterocycles. The Kier molecular flexibility index (Phi) is 5.48. The van der Waals surface area contributed by atoms with E-state index in [4.69, 9.17) is 11.6 Å². The first-order valence-electron chi connectivity index (χ1n) is 8.38. The van der Waals surface area contributed by atoms with Crippen LogP contribution in [0, 0.1) is 0 Å². The molecule has 0 spiro atoms. The van der Waals surface area contributed by atoms with E-state index in [1.54, 1.807) is 49.4 Å². The Labute approximate surface area is 161 Å². The summed E-state index contributed by atoms with van der Waals surface area (Å²) >= 11 is 6.05. The Morgan fingerprint density at radius 2 is 1.89 bits per heavy atom. The maximum atomic E-state index is 13.1. The van der Waals surface area contributed by atoms with Gasteiger partial charge in [-0.05, 0) is 37.3 Å². The molecule has 0 atom stereocenters. The second-order valence-corrected chi connectivity index (χ2v) is 7.03. The quantitative estimate of drug-likeness (QED) is 0.625. The van der Waals surface area contributed by atoms with Crippen LogP contribution in [0.3, 0.4) is 0 Å². The third-order valence-corrected chi connectivity index (χ3v) is 4.69. The van der Waals surface area contributed by atoms with Crippen LogP contribution in [0.4, 0.5) is 17.1 Å². The normalized spacial score (nSPS) is 13.5. The first-order chi connectivity index (χ1) is 12.9. The maximum absolute atomic E-state index is 13.1. The molecule has 7 nitrogen and oxygen atoms in total. The zero-order chi connectivity index (χ0) is 19.6. The van der Waals surface area contributed by atoms with Crippen molar-refractivity contribution in [2.45, 2.75) is 12.5 Å². The van der Waals surface area contributed by atoms with Crippen molar-refractivity contribution in [2.75, 3.05) is 30.0 Å². The standard InChI is InChI=1S/C19H20ClN3O4/c1-19(10-24,11-25)21-9-17(26)23-15-5-3-2-4-13(15)18(27)22-14-8-12(20)6-7-16(14)23/h2-8,21,24-25H,9-11H2,1H3,(H,22,27). The van der Waals surface area contributed by atoms with E-state index in [0.29, 0.717) is 27.6 Å². The number of hydrogen-bond acceptors (Lipinski definition) is 5. The highest BCUT2D eigenvalue weighted by molar-refractivity contribution is 6.31. The average Bonchev–Trinajstić information content (AvgIpc) is 2.79. The van der Waals surface area contributed by atoms with Crippen molar-refractivity contribution in [3.8, 4) is 0 Å². The molecule has 1 heterocycles. The molecule has 0 aromatic heterocycles. The van der Waals surface area contributed by atoms with Crippen molar-refractivity contribution in [1.82, 2.24) is 5.32 Å². The first kappa shape index (κ1) is 19.3. The van der Waals surface area contributed by atoms with E-state index in [9.17, 15) is 19.8 Å². The summed E-state index contributed by atoms with van der Waals surface area (Å²) in [6.07, 6.45) is 0. The van der Waals surface area contributed by atoms with Crippen LogP contribution in [0.1, 0.15) is 17.3 Å². The van der Waals surface area contributed by atoms with Gasteiger partial charge >= 0.3 is 0 Å². The molecule has 2 aromatic rings. The summed E-state index contributed by atoms with van der Waals surface area (Å²) in [6, 6.07) is 11.7. The van der Waals surface area contributed by atoms with Gasteiger partial charge in [-0.15, -0.1) is 0 Å². The van der Waals surface area contributed by atoms with Crippen LogP contribution in [-0.4, -0.2) is 47.3 Å². The van der Waals surface area contributed by atoms with Crippen molar-refractivity contribution < 1.29 is 19.8 Å². The molecular formula is C19H20ClN3O4. The topological polar surface area (TPSA) is 102 Å². The number of rotatable bonds is 5.